The quantitative estimate of drug-likeness (QED) is 0.341. The fourth-order valence-electron chi connectivity index (χ4n) is 3.54. The Morgan fingerprint density at radius 1 is 1.17 bits per heavy atom. The van der Waals surface area contributed by atoms with Crippen molar-refractivity contribution in [2.75, 3.05) is 29.0 Å². The van der Waals surface area contributed by atoms with Gasteiger partial charge in [0.15, 0.2) is 0 Å². The molecule has 1 aromatic heterocycles. The van der Waals surface area contributed by atoms with E-state index in [2.05, 4.69) is 15.3 Å². The van der Waals surface area contributed by atoms with E-state index < -0.39 is 29.2 Å². The molecule has 11 heteroatoms. The number of nitrogens with zero attached hydrogens (tertiary/aromatic N) is 3. The number of anilines is 3. The van der Waals surface area contributed by atoms with Crippen LogP contribution in [0, 0.1) is 5.41 Å². The highest BCUT2D eigenvalue weighted by atomic mass is 19.4. The molecule has 0 spiro atoms. The minimum absolute atomic E-state index is 0.0400. The summed E-state index contributed by atoms with van der Waals surface area (Å²) in [5.41, 5.74) is 9.05. The second-order valence-electron chi connectivity index (χ2n) is 6.96. The molecule has 0 bridgehead atoms. The van der Waals surface area contributed by atoms with E-state index in [1.54, 1.807) is 4.90 Å². The molecule has 1 fully saturated rings. The van der Waals surface area contributed by atoms with Crippen molar-refractivity contribution in [2.45, 2.75) is 31.9 Å². The van der Waals surface area contributed by atoms with Gasteiger partial charge in [-0.3, -0.25) is 15.2 Å². The third-order valence-corrected chi connectivity index (χ3v) is 4.89. The normalized spacial score (nSPS) is 14.8. The number of amides is 1. The van der Waals surface area contributed by atoms with Gasteiger partial charge in [-0.2, -0.15) is 13.2 Å². The predicted octanol–water partition coefficient (Wildman–Crippen LogP) is 2.99. The lowest BCUT2D eigenvalue weighted by atomic mass is 10.00. The monoisotopic (exact) mass is 421 g/mol. The lowest BCUT2D eigenvalue weighted by Crippen LogP contribution is -2.30. The number of rotatable bonds is 4. The number of benzene rings is 1. The molecule has 1 aromatic carbocycles. The largest absolute Gasteiger partial charge is 0.420 e. The van der Waals surface area contributed by atoms with E-state index in [0.717, 1.165) is 25.7 Å². The van der Waals surface area contributed by atoms with Crippen LogP contribution in [0.1, 0.15) is 47.3 Å². The highest BCUT2D eigenvalue weighted by Gasteiger charge is 2.40. The van der Waals surface area contributed by atoms with Crippen LogP contribution in [0.25, 0.3) is 0 Å². The lowest BCUT2D eigenvalue weighted by Gasteiger charge is -2.29. The summed E-state index contributed by atoms with van der Waals surface area (Å²) in [5, 5.41) is 10.2. The van der Waals surface area contributed by atoms with Crippen LogP contribution in [0.5, 0.6) is 0 Å². The van der Waals surface area contributed by atoms with Crippen LogP contribution in [0.2, 0.25) is 0 Å². The van der Waals surface area contributed by atoms with Crippen molar-refractivity contribution in [1.82, 2.24) is 9.97 Å². The van der Waals surface area contributed by atoms with Crippen molar-refractivity contribution in [3.8, 4) is 0 Å². The zero-order chi connectivity index (χ0) is 21.9. The predicted molar refractivity (Wildman–Crippen MR) is 108 cm³/mol. The molecule has 1 amide bonds. The summed E-state index contributed by atoms with van der Waals surface area (Å²) in [5.74, 6) is -1.39. The maximum atomic E-state index is 13.9. The molecule has 0 atom stereocenters. The molecular weight excluding hydrogens is 399 g/mol. The molecule has 8 nitrogen and oxygen atoms in total. The maximum absolute atomic E-state index is 13.9. The number of carbonyl (C=O) groups excluding carboxylic acids is 1. The van der Waals surface area contributed by atoms with Gasteiger partial charge >= 0.3 is 6.18 Å². The second-order valence-corrected chi connectivity index (χ2v) is 6.96. The van der Waals surface area contributed by atoms with Gasteiger partial charge in [-0.15, -0.1) is 0 Å². The first kappa shape index (κ1) is 21.3. The Morgan fingerprint density at radius 2 is 1.83 bits per heavy atom. The van der Waals surface area contributed by atoms with Crippen molar-refractivity contribution >= 4 is 28.8 Å². The van der Waals surface area contributed by atoms with Gasteiger partial charge in [0.1, 0.15) is 17.1 Å². The Balaban J connectivity index is 2.15. The number of alkyl halides is 3. The summed E-state index contributed by atoms with van der Waals surface area (Å²) >= 11 is 0. The highest BCUT2D eigenvalue weighted by Crippen LogP contribution is 2.45. The van der Waals surface area contributed by atoms with Gasteiger partial charge in [0.25, 0.3) is 5.91 Å². The fourth-order valence-corrected chi connectivity index (χ4v) is 3.54. The SMILES string of the molecule is N=C(N)c1c(NC(=O)c2cnccn2)cc(N2CCCCCC2)c(C(F)(F)F)c1N. The average Bonchev–Trinajstić information content (AvgIpc) is 2.96. The molecule has 1 aliphatic heterocycles. The Hall–Kier alpha value is -3.37. The Labute approximate surface area is 171 Å². The molecule has 1 saturated heterocycles. The molecule has 1 aliphatic rings. The van der Waals surface area contributed by atoms with Crippen LogP contribution >= 0.6 is 0 Å². The zero-order valence-corrected chi connectivity index (χ0v) is 16.1. The standard InChI is InChI=1S/C19H22F3N7O/c20-19(21,22)15-13(29-7-3-1-2-4-8-29)9-11(14(16(15)23)17(24)25)28-18(30)12-10-26-5-6-27-12/h5-6,9-10H,1-4,7-8,23H2,(H3,24,25)(H,28,30). The molecule has 0 saturated carbocycles. The zero-order valence-electron chi connectivity index (χ0n) is 16.1. The lowest BCUT2D eigenvalue weighted by molar-refractivity contribution is -0.136. The minimum atomic E-state index is -4.76. The van der Waals surface area contributed by atoms with E-state index in [1.165, 1.54) is 24.7 Å². The van der Waals surface area contributed by atoms with Crippen molar-refractivity contribution in [3.63, 3.8) is 0 Å². The number of nitrogens with one attached hydrogen (secondary N) is 2. The molecule has 30 heavy (non-hydrogen) atoms. The Morgan fingerprint density at radius 3 is 2.37 bits per heavy atom. The van der Waals surface area contributed by atoms with Crippen LogP contribution in [0.3, 0.4) is 0 Å². The highest BCUT2D eigenvalue weighted by molar-refractivity contribution is 6.12. The molecule has 3 rings (SSSR count). The molecule has 2 aromatic rings. The first-order valence-electron chi connectivity index (χ1n) is 9.40. The number of nitrogens with two attached hydrogens (primary N) is 2. The number of amidine groups is 1. The molecular formula is C19H22F3N7O. The van der Waals surface area contributed by atoms with Crippen molar-refractivity contribution in [2.24, 2.45) is 5.73 Å². The third kappa shape index (κ3) is 4.44. The molecule has 0 radical (unpaired) electrons. The van der Waals surface area contributed by atoms with Gasteiger partial charge in [-0.25, -0.2) is 4.98 Å². The first-order valence-corrected chi connectivity index (χ1v) is 9.40. The summed E-state index contributed by atoms with van der Waals surface area (Å²) in [7, 11) is 0. The van der Waals surface area contributed by atoms with Crippen LogP contribution in [-0.2, 0) is 6.18 Å². The van der Waals surface area contributed by atoms with E-state index in [4.69, 9.17) is 16.9 Å². The van der Waals surface area contributed by atoms with Gasteiger partial charge in [-0.1, -0.05) is 12.8 Å². The molecule has 6 N–H and O–H groups in total. The van der Waals surface area contributed by atoms with Crippen LogP contribution in [-0.4, -0.2) is 34.8 Å². The van der Waals surface area contributed by atoms with Gasteiger partial charge in [0.05, 0.1) is 28.8 Å². The van der Waals surface area contributed by atoms with E-state index >= 15 is 0 Å². The van der Waals surface area contributed by atoms with Crippen LogP contribution < -0.4 is 21.7 Å². The van der Waals surface area contributed by atoms with Gasteiger partial charge in [0.2, 0.25) is 0 Å². The van der Waals surface area contributed by atoms with Gasteiger partial charge in [0, 0.05) is 25.5 Å². The Kier molecular flexibility index (Phi) is 6.09. The summed E-state index contributed by atoms with van der Waals surface area (Å²) in [6, 6.07) is 1.19. The number of carbonyl (C=O) groups is 1. The van der Waals surface area contributed by atoms with Crippen molar-refractivity contribution < 1.29 is 18.0 Å². The van der Waals surface area contributed by atoms with Gasteiger partial charge in [-0.05, 0) is 18.9 Å². The molecule has 2 heterocycles. The third-order valence-electron chi connectivity index (χ3n) is 4.89. The minimum Gasteiger partial charge on any atom is -0.398 e. The first-order chi connectivity index (χ1) is 14.2. The van der Waals surface area contributed by atoms with Crippen molar-refractivity contribution in [1.29, 1.82) is 5.41 Å². The van der Waals surface area contributed by atoms with E-state index in [0.29, 0.717) is 13.1 Å². The average molecular weight is 421 g/mol. The van der Waals surface area contributed by atoms with Crippen LogP contribution in [0.15, 0.2) is 24.7 Å². The van der Waals surface area contributed by atoms with Crippen LogP contribution in [0.4, 0.5) is 30.2 Å². The number of hydrogen-bond acceptors (Lipinski definition) is 6. The number of halogens is 3. The molecule has 0 unspecified atom stereocenters. The Bertz CT molecular complexity index is 939. The fraction of sp³-hybridized carbons (Fsp3) is 0.368. The number of aromatic nitrogens is 2. The van der Waals surface area contributed by atoms with E-state index in [-0.39, 0.29) is 22.6 Å². The summed E-state index contributed by atoms with van der Waals surface area (Å²) in [6.45, 7) is 0.860. The topological polar surface area (TPSA) is 134 Å². The van der Waals surface area contributed by atoms with Crippen molar-refractivity contribution in [3.05, 3.63) is 41.5 Å². The second kappa shape index (κ2) is 8.56. The maximum Gasteiger partial charge on any atom is 0.420 e. The molecule has 160 valence electrons. The van der Waals surface area contributed by atoms with E-state index in [9.17, 15) is 18.0 Å². The van der Waals surface area contributed by atoms with E-state index in [1.807, 2.05) is 0 Å². The smallest absolute Gasteiger partial charge is 0.398 e. The summed E-state index contributed by atoms with van der Waals surface area (Å²) < 4.78 is 41.8. The number of nitrogen functional groups attached to an aromatic ring is 2. The van der Waals surface area contributed by atoms with Gasteiger partial charge < -0.3 is 21.7 Å². The molecule has 0 aliphatic carbocycles. The number of hydrogen-bond donors (Lipinski definition) is 4. The summed E-state index contributed by atoms with van der Waals surface area (Å²) in [4.78, 5) is 21.8. The summed E-state index contributed by atoms with van der Waals surface area (Å²) in [6.07, 6.45) is 2.48.